The minimum atomic E-state index is -0.523. The van der Waals surface area contributed by atoms with Crippen LogP contribution in [-0.4, -0.2) is 22.8 Å². The Kier molecular flexibility index (Phi) is 7.42. The molecule has 9 heteroatoms. The van der Waals surface area contributed by atoms with Crippen molar-refractivity contribution in [3.05, 3.63) is 73.2 Å². The van der Waals surface area contributed by atoms with Crippen molar-refractivity contribution in [3.63, 3.8) is 0 Å². The monoisotopic (exact) mass is 441 g/mol. The smallest absolute Gasteiger partial charge is 0.270 e. The molecule has 0 spiro atoms. The molecule has 0 aliphatic carbocycles. The Hall–Kier alpha value is -1.90. The van der Waals surface area contributed by atoms with Crippen LogP contribution in [0.1, 0.15) is 11.1 Å². The normalized spacial score (nSPS) is 10.8. The number of hydrogen-bond donors (Lipinski definition) is 1. The van der Waals surface area contributed by atoms with Gasteiger partial charge in [0.1, 0.15) is 0 Å². The van der Waals surface area contributed by atoms with Crippen LogP contribution in [0.3, 0.4) is 0 Å². The van der Waals surface area contributed by atoms with Gasteiger partial charge in [-0.1, -0.05) is 45.7 Å². The molecule has 0 saturated carbocycles. The lowest BCUT2D eigenvalue weighted by Gasteiger charge is -2.03. The van der Waals surface area contributed by atoms with Crippen molar-refractivity contribution in [2.75, 3.05) is 5.75 Å². The molecule has 0 atom stereocenters. The van der Waals surface area contributed by atoms with E-state index in [1.165, 1.54) is 36.2 Å². The molecule has 2 aromatic carbocycles. The highest BCUT2D eigenvalue weighted by Gasteiger charge is 2.08. The third-order valence-electron chi connectivity index (χ3n) is 3.03. The summed E-state index contributed by atoms with van der Waals surface area (Å²) < 4.78 is 1.00. The second-order valence-corrected chi connectivity index (χ2v) is 7.09. The van der Waals surface area contributed by atoms with Crippen LogP contribution in [0.15, 0.2) is 52.0 Å². The second-order valence-electron chi connectivity index (χ2n) is 4.84. The van der Waals surface area contributed by atoms with Crippen molar-refractivity contribution in [2.24, 2.45) is 5.10 Å². The van der Waals surface area contributed by atoms with Crippen molar-refractivity contribution in [2.45, 2.75) is 5.75 Å². The third kappa shape index (κ3) is 6.15. The fraction of sp³-hybridized carbons (Fsp3) is 0.125. The minimum Gasteiger partial charge on any atom is -0.272 e. The van der Waals surface area contributed by atoms with Crippen LogP contribution < -0.4 is 5.43 Å². The number of hydrogen-bond acceptors (Lipinski definition) is 5. The summed E-state index contributed by atoms with van der Waals surface area (Å²) in [5, 5.41) is 14.9. The number of nitro groups is 1. The Bertz CT molecular complexity index is 817. The molecular formula is C16H13BrClN3O3S. The summed E-state index contributed by atoms with van der Waals surface area (Å²) in [6, 6.07) is 11.8. The summed E-state index contributed by atoms with van der Waals surface area (Å²) in [6.45, 7) is 0. The van der Waals surface area contributed by atoms with Gasteiger partial charge < -0.3 is 0 Å². The quantitative estimate of drug-likeness (QED) is 0.391. The van der Waals surface area contributed by atoms with Crippen LogP contribution >= 0.6 is 39.3 Å². The Morgan fingerprint density at radius 2 is 2.12 bits per heavy atom. The van der Waals surface area contributed by atoms with Gasteiger partial charge in [-0.15, -0.1) is 11.8 Å². The average Bonchev–Trinajstić information content (AvgIpc) is 2.58. The highest BCUT2D eigenvalue weighted by Crippen LogP contribution is 2.21. The predicted molar refractivity (Wildman–Crippen MR) is 104 cm³/mol. The predicted octanol–water partition coefficient (Wildman–Crippen LogP) is 4.39. The van der Waals surface area contributed by atoms with E-state index in [1.54, 1.807) is 0 Å². The fourth-order valence-electron chi connectivity index (χ4n) is 1.82. The maximum atomic E-state index is 11.8. The summed E-state index contributed by atoms with van der Waals surface area (Å²) in [5.41, 5.74) is 3.74. The lowest BCUT2D eigenvalue weighted by molar-refractivity contribution is -0.384. The number of nitrogens with zero attached hydrogens (tertiary/aromatic N) is 2. The summed E-state index contributed by atoms with van der Waals surface area (Å²) in [5.74, 6) is 0.659. The van der Waals surface area contributed by atoms with Gasteiger partial charge in [-0.2, -0.15) is 5.10 Å². The molecule has 1 N–H and O–H groups in total. The lowest BCUT2D eigenvalue weighted by atomic mass is 10.2. The van der Waals surface area contributed by atoms with Crippen molar-refractivity contribution >= 4 is 57.1 Å². The molecule has 25 heavy (non-hydrogen) atoms. The van der Waals surface area contributed by atoms with E-state index in [9.17, 15) is 14.9 Å². The lowest BCUT2D eigenvalue weighted by Crippen LogP contribution is -2.19. The van der Waals surface area contributed by atoms with E-state index >= 15 is 0 Å². The number of nitro benzene ring substituents is 1. The van der Waals surface area contributed by atoms with Crippen molar-refractivity contribution < 1.29 is 9.72 Å². The fourth-order valence-corrected chi connectivity index (χ4v) is 3.42. The highest BCUT2D eigenvalue weighted by molar-refractivity contribution is 9.10. The molecule has 0 aliphatic rings. The molecule has 1 amide bonds. The number of carbonyl (C=O) groups excluding carboxylic acids is 1. The molecule has 0 heterocycles. The van der Waals surface area contributed by atoms with Crippen LogP contribution in [0, 0.1) is 10.1 Å². The number of amides is 1. The topological polar surface area (TPSA) is 84.6 Å². The zero-order valence-corrected chi connectivity index (χ0v) is 16.0. The molecule has 0 radical (unpaired) electrons. The summed E-state index contributed by atoms with van der Waals surface area (Å²) in [7, 11) is 0. The average molecular weight is 443 g/mol. The Morgan fingerprint density at radius 3 is 2.84 bits per heavy atom. The van der Waals surface area contributed by atoms with Crippen LogP contribution in [0.5, 0.6) is 0 Å². The first-order chi connectivity index (χ1) is 12.0. The first kappa shape index (κ1) is 19.4. The van der Waals surface area contributed by atoms with E-state index in [4.69, 9.17) is 11.6 Å². The van der Waals surface area contributed by atoms with Gasteiger partial charge in [-0.25, -0.2) is 5.43 Å². The van der Waals surface area contributed by atoms with Crippen LogP contribution in [0.25, 0.3) is 0 Å². The molecule has 0 bridgehead atoms. The van der Waals surface area contributed by atoms with E-state index in [0.29, 0.717) is 16.3 Å². The SMILES string of the molecule is O=C(CSCc1ccccc1Br)NN=Cc1cc([N+](=O)[O-])ccc1Cl. The van der Waals surface area contributed by atoms with Gasteiger partial charge in [0.25, 0.3) is 5.69 Å². The molecule has 0 aliphatic heterocycles. The third-order valence-corrected chi connectivity index (χ3v) is 5.13. The molecule has 130 valence electrons. The zero-order valence-electron chi connectivity index (χ0n) is 12.8. The van der Waals surface area contributed by atoms with Gasteiger partial charge in [0.05, 0.1) is 16.9 Å². The zero-order chi connectivity index (χ0) is 18.2. The first-order valence-electron chi connectivity index (χ1n) is 7.04. The molecule has 0 unspecified atom stereocenters. The maximum Gasteiger partial charge on any atom is 0.270 e. The standard InChI is InChI=1S/C16H13BrClN3O3S/c17-14-4-2-1-3-11(14)9-25-10-16(22)20-19-8-12-7-13(21(23)24)5-6-15(12)18/h1-8H,9-10H2,(H,20,22). The Balaban J connectivity index is 1.83. The van der Waals surface area contributed by atoms with Gasteiger partial charge in [0, 0.05) is 32.9 Å². The molecule has 2 aromatic rings. The highest BCUT2D eigenvalue weighted by atomic mass is 79.9. The van der Waals surface area contributed by atoms with E-state index in [1.807, 2.05) is 24.3 Å². The number of carbonyl (C=O) groups is 1. The number of nitrogens with one attached hydrogen (secondary N) is 1. The Morgan fingerprint density at radius 1 is 1.36 bits per heavy atom. The van der Waals surface area contributed by atoms with Gasteiger partial charge in [-0.05, 0) is 17.7 Å². The number of rotatable bonds is 7. The van der Waals surface area contributed by atoms with E-state index < -0.39 is 4.92 Å². The molecule has 0 fully saturated rings. The summed E-state index contributed by atoms with van der Waals surface area (Å²) in [4.78, 5) is 22.0. The number of hydrazone groups is 1. The molecule has 0 saturated heterocycles. The summed E-state index contributed by atoms with van der Waals surface area (Å²) >= 11 is 10.9. The first-order valence-corrected chi connectivity index (χ1v) is 9.37. The van der Waals surface area contributed by atoms with Crippen molar-refractivity contribution in [3.8, 4) is 0 Å². The van der Waals surface area contributed by atoms with Crippen molar-refractivity contribution in [1.29, 1.82) is 0 Å². The van der Waals surface area contributed by atoms with E-state index in [2.05, 4.69) is 26.5 Å². The maximum absolute atomic E-state index is 11.8. The van der Waals surface area contributed by atoms with Gasteiger partial charge in [0.2, 0.25) is 5.91 Å². The van der Waals surface area contributed by atoms with Gasteiger partial charge >= 0.3 is 0 Å². The number of benzene rings is 2. The minimum absolute atomic E-state index is 0.0961. The van der Waals surface area contributed by atoms with Gasteiger partial charge in [-0.3, -0.25) is 14.9 Å². The number of thioether (sulfide) groups is 1. The van der Waals surface area contributed by atoms with E-state index in [-0.39, 0.29) is 17.3 Å². The van der Waals surface area contributed by atoms with Crippen LogP contribution in [0.4, 0.5) is 5.69 Å². The second kappa shape index (κ2) is 9.55. The molecule has 2 rings (SSSR count). The number of non-ortho nitro benzene ring substituents is 1. The molecular weight excluding hydrogens is 430 g/mol. The number of halogens is 2. The summed E-state index contributed by atoms with van der Waals surface area (Å²) in [6.07, 6.45) is 1.28. The van der Waals surface area contributed by atoms with Gasteiger partial charge in [0.15, 0.2) is 0 Å². The van der Waals surface area contributed by atoms with Crippen LogP contribution in [-0.2, 0) is 10.5 Å². The Labute approximate surface area is 161 Å². The molecule has 0 aromatic heterocycles. The largest absolute Gasteiger partial charge is 0.272 e. The molecule has 6 nitrogen and oxygen atoms in total. The van der Waals surface area contributed by atoms with E-state index in [0.717, 1.165) is 10.0 Å². The van der Waals surface area contributed by atoms with Crippen molar-refractivity contribution in [1.82, 2.24) is 5.43 Å². The van der Waals surface area contributed by atoms with Crippen LogP contribution in [0.2, 0.25) is 5.02 Å².